The lowest BCUT2D eigenvalue weighted by Gasteiger charge is -2.36. The van der Waals surface area contributed by atoms with Gasteiger partial charge in [-0.25, -0.2) is 0 Å². The first kappa shape index (κ1) is 13.4. The van der Waals surface area contributed by atoms with Crippen LogP contribution in [0.4, 0.5) is 0 Å². The first-order valence-electron chi connectivity index (χ1n) is 7.63. The maximum atomic E-state index is 2.75. The number of rotatable bonds is 3. The standard InChI is InChI=1S/C15H30N2/c1-13(2)14(3)11-16-8-6-10-17-9-5-4-7-15(17)12-16/h13-15H,4-12H2,1-3H3. The molecule has 0 bridgehead atoms. The van der Waals surface area contributed by atoms with Crippen molar-refractivity contribution in [3.05, 3.63) is 0 Å². The van der Waals surface area contributed by atoms with Crippen LogP contribution in [0.2, 0.25) is 0 Å². The van der Waals surface area contributed by atoms with Gasteiger partial charge in [-0.3, -0.25) is 4.90 Å². The van der Waals surface area contributed by atoms with E-state index >= 15 is 0 Å². The molecule has 2 atom stereocenters. The van der Waals surface area contributed by atoms with Crippen LogP contribution >= 0.6 is 0 Å². The Kier molecular flexibility index (Phi) is 4.87. The van der Waals surface area contributed by atoms with Gasteiger partial charge in [0.05, 0.1) is 0 Å². The van der Waals surface area contributed by atoms with E-state index in [-0.39, 0.29) is 0 Å². The van der Waals surface area contributed by atoms with Crippen molar-refractivity contribution in [2.24, 2.45) is 11.8 Å². The highest BCUT2D eigenvalue weighted by Crippen LogP contribution is 2.22. The van der Waals surface area contributed by atoms with E-state index in [2.05, 4.69) is 30.6 Å². The molecule has 2 unspecified atom stereocenters. The third-order valence-electron chi connectivity index (χ3n) is 4.82. The van der Waals surface area contributed by atoms with Gasteiger partial charge >= 0.3 is 0 Å². The summed E-state index contributed by atoms with van der Waals surface area (Å²) in [5, 5.41) is 0. The molecule has 2 rings (SSSR count). The lowest BCUT2D eigenvalue weighted by atomic mass is 9.97. The molecule has 2 heteroatoms. The van der Waals surface area contributed by atoms with Crippen molar-refractivity contribution in [2.75, 3.05) is 32.7 Å². The molecular weight excluding hydrogens is 208 g/mol. The van der Waals surface area contributed by atoms with Gasteiger partial charge in [0.25, 0.3) is 0 Å². The van der Waals surface area contributed by atoms with Crippen LogP contribution in [0.1, 0.15) is 46.5 Å². The van der Waals surface area contributed by atoms with E-state index in [9.17, 15) is 0 Å². The van der Waals surface area contributed by atoms with Gasteiger partial charge in [-0.2, -0.15) is 0 Å². The van der Waals surface area contributed by atoms with Crippen molar-refractivity contribution in [1.82, 2.24) is 9.80 Å². The van der Waals surface area contributed by atoms with E-state index in [1.54, 1.807) is 0 Å². The maximum Gasteiger partial charge on any atom is 0.0223 e. The van der Waals surface area contributed by atoms with Crippen LogP contribution in [0.25, 0.3) is 0 Å². The van der Waals surface area contributed by atoms with Crippen LogP contribution < -0.4 is 0 Å². The highest BCUT2D eigenvalue weighted by Gasteiger charge is 2.27. The van der Waals surface area contributed by atoms with Gasteiger partial charge in [-0.05, 0) is 50.7 Å². The SMILES string of the molecule is CC(C)C(C)CN1CCCN2CCCCC2C1. The molecule has 0 aromatic rings. The molecular formula is C15H30N2. The van der Waals surface area contributed by atoms with Crippen molar-refractivity contribution in [3.8, 4) is 0 Å². The summed E-state index contributed by atoms with van der Waals surface area (Å²) in [6, 6.07) is 0.866. The fourth-order valence-electron chi connectivity index (χ4n) is 3.23. The van der Waals surface area contributed by atoms with Gasteiger partial charge in [0.15, 0.2) is 0 Å². The minimum atomic E-state index is 0.820. The smallest absolute Gasteiger partial charge is 0.0223 e. The van der Waals surface area contributed by atoms with Crippen molar-refractivity contribution in [1.29, 1.82) is 0 Å². The molecule has 0 radical (unpaired) electrons. The molecule has 0 N–H and O–H groups in total. The van der Waals surface area contributed by atoms with Crippen molar-refractivity contribution in [3.63, 3.8) is 0 Å². The molecule has 2 aliphatic rings. The van der Waals surface area contributed by atoms with Crippen LogP contribution in [0, 0.1) is 11.8 Å². The topological polar surface area (TPSA) is 6.48 Å². The first-order valence-corrected chi connectivity index (χ1v) is 7.63. The molecule has 2 nitrogen and oxygen atoms in total. The van der Waals surface area contributed by atoms with Crippen LogP contribution in [0.5, 0.6) is 0 Å². The van der Waals surface area contributed by atoms with E-state index in [1.807, 2.05) is 0 Å². The Morgan fingerprint density at radius 1 is 1.00 bits per heavy atom. The predicted molar refractivity (Wildman–Crippen MR) is 74.3 cm³/mol. The Bertz CT molecular complexity index is 227. The minimum absolute atomic E-state index is 0.820. The summed E-state index contributed by atoms with van der Waals surface area (Å²) >= 11 is 0. The van der Waals surface area contributed by atoms with Gasteiger partial charge < -0.3 is 4.90 Å². The Morgan fingerprint density at radius 3 is 2.53 bits per heavy atom. The number of fused-ring (bicyclic) bond motifs is 1. The molecule has 0 spiro atoms. The quantitative estimate of drug-likeness (QED) is 0.746. The molecule has 2 aliphatic heterocycles. The highest BCUT2D eigenvalue weighted by atomic mass is 15.2. The molecule has 0 aromatic heterocycles. The summed E-state index contributed by atoms with van der Waals surface area (Å²) in [6.45, 7) is 13.8. The van der Waals surface area contributed by atoms with Crippen LogP contribution in [-0.4, -0.2) is 48.6 Å². The van der Waals surface area contributed by atoms with Gasteiger partial charge in [-0.1, -0.05) is 27.2 Å². The Morgan fingerprint density at radius 2 is 1.76 bits per heavy atom. The normalized spacial score (nSPS) is 30.0. The third kappa shape index (κ3) is 3.69. The number of hydrogen-bond donors (Lipinski definition) is 0. The summed E-state index contributed by atoms with van der Waals surface area (Å²) in [5.41, 5.74) is 0. The molecule has 0 aromatic carbocycles. The summed E-state index contributed by atoms with van der Waals surface area (Å²) in [4.78, 5) is 5.49. The van der Waals surface area contributed by atoms with Crippen LogP contribution in [0.3, 0.4) is 0 Å². The lowest BCUT2D eigenvalue weighted by molar-refractivity contribution is 0.128. The molecule has 17 heavy (non-hydrogen) atoms. The summed E-state index contributed by atoms with van der Waals surface area (Å²) in [7, 11) is 0. The Balaban J connectivity index is 1.87. The van der Waals surface area contributed by atoms with E-state index in [4.69, 9.17) is 0 Å². The van der Waals surface area contributed by atoms with E-state index in [0.717, 1.165) is 17.9 Å². The van der Waals surface area contributed by atoms with Crippen molar-refractivity contribution in [2.45, 2.75) is 52.5 Å². The molecule has 0 saturated carbocycles. The highest BCUT2D eigenvalue weighted by molar-refractivity contribution is 4.83. The zero-order valence-electron chi connectivity index (χ0n) is 12.0. The van der Waals surface area contributed by atoms with Crippen LogP contribution in [-0.2, 0) is 0 Å². The van der Waals surface area contributed by atoms with Gasteiger partial charge in [0, 0.05) is 19.1 Å². The number of nitrogens with zero attached hydrogens (tertiary/aromatic N) is 2. The second-order valence-electron chi connectivity index (χ2n) is 6.52. The molecule has 0 aliphatic carbocycles. The van der Waals surface area contributed by atoms with Crippen LogP contribution in [0.15, 0.2) is 0 Å². The Labute approximate surface area is 107 Å². The second-order valence-corrected chi connectivity index (χ2v) is 6.52. The molecule has 100 valence electrons. The second kappa shape index (κ2) is 6.19. The Hall–Kier alpha value is -0.0800. The van der Waals surface area contributed by atoms with Crippen molar-refractivity contribution < 1.29 is 0 Å². The zero-order chi connectivity index (χ0) is 12.3. The largest absolute Gasteiger partial charge is 0.301 e. The van der Waals surface area contributed by atoms with E-state index in [1.165, 1.54) is 58.4 Å². The average molecular weight is 238 g/mol. The number of piperidine rings is 1. The fourth-order valence-corrected chi connectivity index (χ4v) is 3.23. The van der Waals surface area contributed by atoms with E-state index < -0.39 is 0 Å². The maximum absolute atomic E-state index is 2.75. The number of hydrogen-bond acceptors (Lipinski definition) is 2. The first-order chi connectivity index (χ1) is 8.16. The van der Waals surface area contributed by atoms with Crippen molar-refractivity contribution >= 4 is 0 Å². The molecule has 2 saturated heterocycles. The van der Waals surface area contributed by atoms with Gasteiger partial charge in [0.2, 0.25) is 0 Å². The molecule has 0 amide bonds. The predicted octanol–water partition coefficient (Wildman–Crippen LogP) is 2.84. The third-order valence-corrected chi connectivity index (χ3v) is 4.82. The summed E-state index contributed by atoms with van der Waals surface area (Å²) < 4.78 is 0. The summed E-state index contributed by atoms with van der Waals surface area (Å²) in [5.74, 6) is 1.66. The molecule has 2 heterocycles. The van der Waals surface area contributed by atoms with Gasteiger partial charge in [0.1, 0.15) is 0 Å². The molecule has 2 fully saturated rings. The van der Waals surface area contributed by atoms with Gasteiger partial charge in [-0.15, -0.1) is 0 Å². The average Bonchev–Trinajstić information content (AvgIpc) is 2.50. The lowest BCUT2D eigenvalue weighted by Crippen LogP contribution is -2.44. The van der Waals surface area contributed by atoms with E-state index in [0.29, 0.717) is 0 Å². The summed E-state index contributed by atoms with van der Waals surface area (Å²) in [6.07, 6.45) is 5.70. The monoisotopic (exact) mass is 238 g/mol. The minimum Gasteiger partial charge on any atom is -0.301 e. The fraction of sp³-hybridized carbons (Fsp3) is 1.00. The zero-order valence-corrected chi connectivity index (χ0v) is 12.0.